The third-order valence-electron chi connectivity index (χ3n) is 4.04. The monoisotopic (exact) mass is 355 g/mol. The van der Waals surface area contributed by atoms with E-state index in [9.17, 15) is 22.8 Å². The zero-order valence-electron chi connectivity index (χ0n) is 14.4. The van der Waals surface area contributed by atoms with E-state index in [1.54, 1.807) is 39.0 Å². The number of carbonyl (C=O) groups excluding carboxylic acids is 2. The van der Waals surface area contributed by atoms with Crippen molar-refractivity contribution in [1.29, 1.82) is 0 Å². The van der Waals surface area contributed by atoms with Crippen LogP contribution in [0.3, 0.4) is 0 Å². The number of carbonyl (C=O) groups is 2. The highest BCUT2D eigenvalue weighted by Gasteiger charge is 2.64. The Morgan fingerprint density at radius 3 is 2.16 bits per heavy atom. The number of nitrogens with one attached hydrogen (secondary N) is 1. The zero-order chi connectivity index (χ0) is 19.0. The number of hydrogen-bond acceptors (Lipinski definition) is 4. The van der Waals surface area contributed by atoms with Gasteiger partial charge in [-0.05, 0) is 27.7 Å². The molecule has 2 atom stereocenters. The number of alkyl halides is 3. The lowest BCUT2D eigenvalue weighted by atomic mass is 9.74. The maximum atomic E-state index is 13.9. The van der Waals surface area contributed by atoms with Gasteiger partial charge in [0.2, 0.25) is 0 Å². The lowest BCUT2D eigenvalue weighted by Gasteiger charge is -2.35. The van der Waals surface area contributed by atoms with Crippen LogP contribution >= 0.6 is 0 Å². The molecule has 0 aromatic heterocycles. The molecule has 0 unspecified atom stereocenters. The molecular formula is C18H20F3NO3. The van der Waals surface area contributed by atoms with E-state index in [4.69, 9.17) is 4.74 Å². The van der Waals surface area contributed by atoms with Crippen LogP contribution in [0, 0.1) is 5.41 Å². The third kappa shape index (κ3) is 3.55. The van der Waals surface area contributed by atoms with Gasteiger partial charge in [-0.3, -0.25) is 4.79 Å². The molecule has 0 aliphatic carbocycles. The zero-order valence-corrected chi connectivity index (χ0v) is 14.4. The van der Waals surface area contributed by atoms with Crippen LogP contribution in [0.25, 0.3) is 0 Å². The molecule has 0 fully saturated rings. The Bertz CT molecular complexity index is 705. The van der Waals surface area contributed by atoms with Gasteiger partial charge in [0.25, 0.3) is 0 Å². The Labute approximate surface area is 144 Å². The first-order chi connectivity index (χ1) is 11.4. The fourth-order valence-corrected chi connectivity index (χ4v) is 2.67. The average Bonchev–Trinajstić information content (AvgIpc) is 2.84. The van der Waals surface area contributed by atoms with Crippen LogP contribution in [0.15, 0.2) is 42.1 Å². The smallest absolute Gasteiger partial charge is 0.400 e. The van der Waals surface area contributed by atoms with E-state index >= 15 is 0 Å². The number of halogens is 3. The van der Waals surface area contributed by atoms with Gasteiger partial charge in [0.05, 0.1) is 0 Å². The van der Waals surface area contributed by atoms with Crippen molar-refractivity contribution in [2.75, 3.05) is 0 Å². The maximum absolute atomic E-state index is 13.9. The van der Waals surface area contributed by atoms with E-state index in [-0.39, 0.29) is 5.56 Å². The molecule has 7 heteroatoms. The van der Waals surface area contributed by atoms with Gasteiger partial charge in [0.15, 0.2) is 5.78 Å². The van der Waals surface area contributed by atoms with E-state index in [0.29, 0.717) is 0 Å². The minimum atomic E-state index is -4.83. The van der Waals surface area contributed by atoms with Crippen molar-refractivity contribution in [3.05, 3.63) is 47.7 Å². The van der Waals surface area contributed by atoms with Gasteiger partial charge in [-0.1, -0.05) is 30.3 Å². The van der Waals surface area contributed by atoms with Crippen molar-refractivity contribution in [3.63, 3.8) is 0 Å². The van der Waals surface area contributed by atoms with E-state index in [1.807, 2.05) is 0 Å². The number of hydrogen-bond donors (Lipinski definition) is 1. The van der Waals surface area contributed by atoms with Gasteiger partial charge in [0.1, 0.15) is 17.1 Å². The summed E-state index contributed by atoms with van der Waals surface area (Å²) in [6, 6.07) is 5.92. The van der Waals surface area contributed by atoms with E-state index in [2.05, 4.69) is 5.32 Å². The minimum Gasteiger partial charge on any atom is -0.458 e. The second-order valence-corrected chi connectivity index (χ2v) is 7.09. The normalized spacial score (nSPS) is 23.6. The molecule has 25 heavy (non-hydrogen) atoms. The van der Waals surface area contributed by atoms with E-state index in [0.717, 1.165) is 13.1 Å². The van der Waals surface area contributed by atoms with Crippen molar-refractivity contribution < 1.29 is 27.5 Å². The number of ketones is 1. The summed E-state index contributed by atoms with van der Waals surface area (Å²) in [5.41, 5.74) is -4.03. The maximum Gasteiger partial charge on any atom is 0.400 e. The topological polar surface area (TPSA) is 55.4 Å². The minimum absolute atomic E-state index is 0.121. The van der Waals surface area contributed by atoms with Crippen LogP contribution in [0.1, 0.15) is 38.1 Å². The summed E-state index contributed by atoms with van der Waals surface area (Å²) >= 11 is 0. The summed E-state index contributed by atoms with van der Waals surface area (Å²) in [6.07, 6.45) is -3.86. The van der Waals surface area contributed by atoms with Crippen LogP contribution in [0.2, 0.25) is 0 Å². The van der Waals surface area contributed by atoms with Crippen LogP contribution < -0.4 is 5.32 Å². The lowest BCUT2D eigenvalue weighted by molar-refractivity contribution is -0.215. The molecule has 0 radical (unpaired) electrons. The molecule has 0 spiro atoms. The summed E-state index contributed by atoms with van der Waals surface area (Å²) in [7, 11) is 0. The molecule has 1 aliphatic rings. The highest BCUT2D eigenvalue weighted by atomic mass is 19.4. The molecular weight excluding hydrogens is 335 g/mol. The summed E-state index contributed by atoms with van der Waals surface area (Å²) in [4.78, 5) is 24.9. The number of benzene rings is 1. The second-order valence-electron chi connectivity index (χ2n) is 7.09. The first kappa shape index (κ1) is 19.0. The van der Waals surface area contributed by atoms with Crippen molar-refractivity contribution in [3.8, 4) is 0 Å². The quantitative estimate of drug-likeness (QED) is 0.664. The fourth-order valence-electron chi connectivity index (χ4n) is 2.67. The van der Waals surface area contributed by atoms with E-state index < -0.39 is 40.6 Å². The van der Waals surface area contributed by atoms with Crippen LogP contribution in [-0.4, -0.2) is 29.6 Å². The Morgan fingerprint density at radius 1 is 1.12 bits per heavy atom. The second kappa shape index (κ2) is 6.20. The number of Topliss-reactive ketones (excluding diaryl/α,β-unsaturated/α-hetero) is 1. The summed E-state index contributed by atoms with van der Waals surface area (Å²) in [5, 5.41) is 2.40. The predicted octanol–water partition coefficient (Wildman–Crippen LogP) is 3.64. The molecule has 1 aliphatic heterocycles. The molecule has 0 bridgehead atoms. The molecule has 2 rings (SSSR count). The largest absolute Gasteiger partial charge is 0.458 e. The molecule has 0 saturated carbocycles. The Morgan fingerprint density at radius 2 is 1.68 bits per heavy atom. The first-order valence-corrected chi connectivity index (χ1v) is 7.74. The lowest BCUT2D eigenvalue weighted by Crippen LogP contribution is -2.54. The Kier molecular flexibility index (Phi) is 4.72. The van der Waals surface area contributed by atoms with Gasteiger partial charge < -0.3 is 10.1 Å². The summed E-state index contributed by atoms with van der Waals surface area (Å²) in [6.45, 7) is 5.53. The standard InChI is InChI=1S/C18H20F3NO3/c1-16(2,3)25-15(24)14-17(4,18(19,20)21)12(10-22-14)13(23)11-8-6-5-7-9-11/h5-10,14,22H,1-4H3/t14-,17+/m1/s1. The molecule has 0 amide bonds. The highest BCUT2D eigenvalue weighted by molar-refractivity contribution is 6.10. The fraction of sp³-hybridized carbons (Fsp3) is 0.444. The predicted molar refractivity (Wildman–Crippen MR) is 85.8 cm³/mol. The van der Waals surface area contributed by atoms with Crippen molar-refractivity contribution in [1.82, 2.24) is 5.32 Å². The molecule has 1 heterocycles. The molecule has 136 valence electrons. The number of ether oxygens (including phenoxy) is 1. The highest BCUT2D eigenvalue weighted by Crippen LogP contribution is 2.50. The van der Waals surface area contributed by atoms with Gasteiger partial charge in [-0.2, -0.15) is 13.2 Å². The van der Waals surface area contributed by atoms with Crippen LogP contribution in [-0.2, 0) is 9.53 Å². The molecule has 1 aromatic carbocycles. The van der Waals surface area contributed by atoms with E-state index in [1.165, 1.54) is 12.1 Å². The third-order valence-corrected chi connectivity index (χ3v) is 4.04. The SMILES string of the molecule is CC(C)(C)OC(=O)[C@H]1NC=C(C(=O)c2ccccc2)[C@]1(C)C(F)(F)F. The van der Waals surface area contributed by atoms with Crippen molar-refractivity contribution >= 4 is 11.8 Å². The van der Waals surface area contributed by atoms with Gasteiger partial charge in [-0.15, -0.1) is 0 Å². The number of rotatable bonds is 3. The summed E-state index contributed by atoms with van der Waals surface area (Å²) < 4.78 is 46.7. The van der Waals surface area contributed by atoms with Gasteiger partial charge in [0, 0.05) is 17.3 Å². The van der Waals surface area contributed by atoms with Crippen molar-refractivity contribution in [2.45, 2.75) is 45.5 Å². The van der Waals surface area contributed by atoms with Gasteiger partial charge >= 0.3 is 12.1 Å². The van der Waals surface area contributed by atoms with Gasteiger partial charge in [-0.25, -0.2) is 4.79 Å². The Hall–Kier alpha value is -2.31. The summed E-state index contributed by atoms with van der Waals surface area (Å²) in [5.74, 6) is -1.83. The molecule has 4 nitrogen and oxygen atoms in total. The van der Waals surface area contributed by atoms with Crippen LogP contribution in [0.5, 0.6) is 0 Å². The Balaban J connectivity index is 2.42. The molecule has 1 aromatic rings. The molecule has 1 N–H and O–H groups in total. The average molecular weight is 355 g/mol. The number of esters is 1. The first-order valence-electron chi connectivity index (χ1n) is 7.74. The molecule has 0 saturated heterocycles. The van der Waals surface area contributed by atoms with Crippen molar-refractivity contribution in [2.24, 2.45) is 5.41 Å². The van der Waals surface area contributed by atoms with Crippen LogP contribution in [0.4, 0.5) is 13.2 Å².